The zero-order valence-corrected chi connectivity index (χ0v) is 22.4. The minimum Gasteiger partial charge on any atom is -0.378 e. The van der Waals surface area contributed by atoms with Crippen molar-refractivity contribution < 1.29 is 26.3 Å². The van der Waals surface area contributed by atoms with E-state index in [-0.39, 0.29) is 0 Å². The van der Waals surface area contributed by atoms with Crippen LogP contribution >= 0.6 is 0 Å². The van der Waals surface area contributed by atoms with Gasteiger partial charge in [-0.3, -0.25) is 0 Å². The first-order valence-electron chi connectivity index (χ1n) is 12.4. The molecule has 4 rings (SSSR count). The maximum Gasteiger partial charge on any atom is 0.416 e. The molecule has 0 bridgehead atoms. The van der Waals surface area contributed by atoms with E-state index < -0.39 is 23.5 Å². The molecular weight excluding hydrogens is 526 g/mol. The number of hydrogen-bond acceptors (Lipinski definition) is 2. The zero-order chi connectivity index (χ0) is 29.2. The van der Waals surface area contributed by atoms with Crippen LogP contribution in [0, 0.1) is 0 Å². The summed E-state index contributed by atoms with van der Waals surface area (Å²) >= 11 is 0. The molecular formula is C32H28F6N2. The van der Waals surface area contributed by atoms with Crippen LogP contribution < -0.4 is 9.80 Å². The smallest absolute Gasteiger partial charge is 0.378 e. The average Bonchev–Trinajstić information content (AvgIpc) is 2.91. The standard InChI is InChI=1S/C32H28F6N2/c1-39(2)27-17-9-23(10-18-27)29(21-5-13-25(14-6-21)31(33,34)35)30(24-11-19-28(20-12-24)40(3)4)22-7-15-26(16-8-22)32(36,37)38/h5-20H,1-4H3/b30-29-. The van der Waals surface area contributed by atoms with Gasteiger partial charge in [0.1, 0.15) is 0 Å². The van der Waals surface area contributed by atoms with E-state index in [1.165, 1.54) is 24.3 Å². The molecule has 4 aromatic carbocycles. The summed E-state index contributed by atoms with van der Waals surface area (Å²) in [5, 5.41) is 0. The summed E-state index contributed by atoms with van der Waals surface area (Å²) in [6, 6.07) is 24.7. The van der Waals surface area contributed by atoms with Crippen LogP contribution in [0.4, 0.5) is 37.7 Å². The maximum absolute atomic E-state index is 13.4. The Labute approximate surface area is 229 Å². The van der Waals surface area contributed by atoms with Gasteiger partial charge in [-0.2, -0.15) is 26.3 Å². The molecule has 4 aromatic rings. The molecule has 0 saturated heterocycles. The van der Waals surface area contributed by atoms with Crippen molar-refractivity contribution >= 4 is 22.5 Å². The highest BCUT2D eigenvalue weighted by atomic mass is 19.4. The molecule has 0 aliphatic rings. The first kappa shape index (κ1) is 28.8. The molecule has 0 fully saturated rings. The third-order valence-electron chi connectivity index (χ3n) is 6.60. The van der Waals surface area contributed by atoms with Gasteiger partial charge in [-0.15, -0.1) is 0 Å². The molecule has 0 saturated carbocycles. The normalized spacial score (nSPS) is 12.7. The molecule has 0 aliphatic carbocycles. The Balaban J connectivity index is 2.04. The summed E-state index contributed by atoms with van der Waals surface area (Å²) in [5.41, 5.74) is 3.86. The molecule has 2 nitrogen and oxygen atoms in total. The van der Waals surface area contributed by atoms with Crippen molar-refractivity contribution in [3.05, 3.63) is 130 Å². The second kappa shape index (κ2) is 11.1. The van der Waals surface area contributed by atoms with Crippen LogP contribution in [-0.2, 0) is 12.4 Å². The van der Waals surface area contributed by atoms with Gasteiger partial charge in [0.05, 0.1) is 11.1 Å². The third-order valence-corrected chi connectivity index (χ3v) is 6.60. The van der Waals surface area contributed by atoms with Crippen molar-refractivity contribution in [2.75, 3.05) is 38.0 Å². The van der Waals surface area contributed by atoms with Crippen LogP contribution in [0.5, 0.6) is 0 Å². The number of hydrogen-bond donors (Lipinski definition) is 0. The van der Waals surface area contributed by atoms with E-state index >= 15 is 0 Å². The van der Waals surface area contributed by atoms with Gasteiger partial charge in [0.2, 0.25) is 0 Å². The van der Waals surface area contributed by atoms with E-state index in [0.29, 0.717) is 33.4 Å². The van der Waals surface area contributed by atoms with Crippen LogP contribution in [-0.4, -0.2) is 28.2 Å². The summed E-state index contributed by atoms with van der Waals surface area (Å²) in [5.74, 6) is 0. The average molecular weight is 555 g/mol. The fraction of sp³-hybridized carbons (Fsp3) is 0.188. The van der Waals surface area contributed by atoms with Crippen molar-refractivity contribution in [1.82, 2.24) is 0 Å². The molecule has 40 heavy (non-hydrogen) atoms. The second-order valence-electron chi connectivity index (χ2n) is 9.78. The van der Waals surface area contributed by atoms with Crippen molar-refractivity contribution in [3.63, 3.8) is 0 Å². The van der Waals surface area contributed by atoms with E-state index in [0.717, 1.165) is 35.6 Å². The molecule has 8 heteroatoms. The van der Waals surface area contributed by atoms with E-state index in [1.54, 1.807) is 0 Å². The summed E-state index contributed by atoms with van der Waals surface area (Å²) in [6.45, 7) is 0. The molecule has 208 valence electrons. The van der Waals surface area contributed by atoms with E-state index in [9.17, 15) is 26.3 Å². The van der Waals surface area contributed by atoms with Gasteiger partial charge in [0, 0.05) is 39.6 Å². The van der Waals surface area contributed by atoms with Crippen LogP contribution in [0.25, 0.3) is 11.1 Å². The minimum atomic E-state index is -4.51. The van der Waals surface area contributed by atoms with Crippen LogP contribution in [0.2, 0.25) is 0 Å². The van der Waals surface area contributed by atoms with Gasteiger partial charge in [0.25, 0.3) is 0 Å². The molecule has 0 heterocycles. The van der Waals surface area contributed by atoms with Gasteiger partial charge >= 0.3 is 12.4 Å². The number of rotatable bonds is 6. The quantitative estimate of drug-likeness (QED) is 0.174. The summed E-state index contributed by atoms with van der Waals surface area (Å²) in [4.78, 5) is 3.84. The molecule has 0 radical (unpaired) electrons. The van der Waals surface area contributed by atoms with Gasteiger partial charge in [-0.1, -0.05) is 48.5 Å². The lowest BCUT2D eigenvalue weighted by Gasteiger charge is -2.21. The number of anilines is 2. The Morgan fingerprint density at radius 1 is 0.400 bits per heavy atom. The van der Waals surface area contributed by atoms with Crippen molar-refractivity contribution in [2.24, 2.45) is 0 Å². The van der Waals surface area contributed by atoms with Gasteiger partial charge < -0.3 is 9.80 Å². The van der Waals surface area contributed by atoms with Gasteiger partial charge in [-0.05, 0) is 81.9 Å². The highest BCUT2D eigenvalue weighted by Gasteiger charge is 2.31. The molecule has 0 atom stereocenters. The Hall–Kier alpha value is -4.20. The molecule has 0 N–H and O–H groups in total. The molecule has 0 unspecified atom stereocenters. The number of halogens is 6. The molecule has 0 aliphatic heterocycles. The second-order valence-corrected chi connectivity index (χ2v) is 9.78. The lowest BCUT2D eigenvalue weighted by Crippen LogP contribution is -2.09. The van der Waals surface area contributed by atoms with E-state index in [4.69, 9.17) is 0 Å². The maximum atomic E-state index is 13.4. The number of benzene rings is 4. The lowest BCUT2D eigenvalue weighted by molar-refractivity contribution is -0.138. The first-order chi connectivity index (χ1) is 18.8. The predicted molar refractivity (Wildman–Crippen MR) is 149 cm³/mol. The Morgan fingerprint density at radius 2 is 0.625 bits per heavy atom. The van der Waals surface area contributed by atoms with Crippen molar-refractivity contribution in [3.8, 4) is 0 Å². The highest BCUT2D eigenvalue weighted by Crippen LogP contribution is 2.40. The fourth-order valence-corrected chi connectivity index (χ4v) is 4.41. The van der Waals surface area contributed by atoms with Crippen molar-refractivity contribution in [2.45, 2.75) is 12.4 Å². The van der Waals surface area contributed by atoms with E-state index in [2.05, 4.69) is 0 Å². The molecule has 0 aromatic heterocycles. The van der Waals surface area contributed by atoms with Crippen LogP contribution in [0.15, 0.2) is 97.1 Å². The van der Waals surface area contributed by atoms with Crippen LogP contribution in [0.3, 0.4) is 0 Å². The summed E-state index contributed by atoms with van der Waals surface area (Å²) in [7, 11) is 7.56. The topological polar surface area (TPSA) is 6.48 Å². The third kappa shape index (κ3) is 6.33. The summed E-state index contributed by atoms with van der Waals surface area (Å²) in [6.07, 6.45) is -9.01. The van der Waals surface area contributed by atoms with E-state index in [1.807, 2.05) is 86.5 Å². The minimum absolute atomic E-state index is 0.497. The summed E-state index contributed by atoms with van der Waals surface area (Å²) < 4.78 is 80.3. The van der Waals surface area contributed by atoms with Gasteiger partial charge in [0.15, 0.2) is 0 Å². The fourth-order valence-electron chi connectivity index (χ4n) is 4.41. The van der Waals surface area contributed by atoms with Crippen LogP contribution in [0.1, 0.15) is 33.4 Å². The predicted octanol–water partition coefficient (Wildman–Crippen LogP) is 8.86. The largest absolute Gasteiger partial charge is 0.416 e. The Kier molecular flexibility index (Phi) is 8.00. The number of nitrogens with zero attached hydrogens (tertiary/aromatic N) is 2. The van der Waals surface area contributed by atoms with Crippen molar-refractivity contribution in [1.29, 1.82) is 0 Å². The lowest BCUT2D eigenvalue weighted by atomic mass is 9.85. The highest BCUT2D eigenvalue weighted by molar-refractivity contribution is 6.04. The Morgan fingerprint density at radius 3 is 0.825 bits per heavy atom. The first-order valence-corrected chi connectivity index (χ1v) is 12.4. The number of alkyl halides is 6. The SMILES string of the molecule is CN(C)c1ccc(/C(=C(\c2ccc(N(C)C)cc2)c2ccc(C(F)(F)F)cc2)c2ccc(C(F)(F)F)cc2)cc1. The Bertz CT molecular complexity index is 1350. The molecule has 0 amide bonds. The zero-order valence-electron chi connectivity index (χ0n) is 22.4. The molecule has 0 spiro atoms. The van der Waals surface area contributed by atoms with Gasteiger partial charge in [-0.25, -0.2) is 0 Å². The monoisotopic (exact) mass is 554 g/mol.